The minimum absolute atomic E-state index is 0.0225. The maximum atomic E-state index is 4.83. The lowest BCUT2D eigenvalue weighted by atomic mass is 9.58. The molecule has 0 saturated carbocycles. The summed E-state index contributed by atoms with van der Waals surface area (Å²) in [6.45, 7) is 9.34. The largest absolute Gasteiger partial charge is 0.240 e. The van der Waals surface area contributed by atoms with Crippen molar-refractivity contribution in [3.8, 4) is 0 Å². The minimum atomic E-state index is -0.0833. The Bertz CT molecular complexity index is 1350. The highest BCUT2D eigenvalue weighted by atomic mass is 14.9. The van der Waals surface area contributed by atoms with Crippen molar-refractivity contribution in [3.63, 3.8) is 0 Å². The van der Waals surface area contributed by atoms with Gasteiger partial charge in [-0.1, -0.05) is 70.2 Å². The number of hydrogen-bond donors (Lipinski definition) is 0. The summed E-state index contributed by atoms with van der Waals surface area (Å²) in [6.07, 6.45) is 1.75. The van der Waals surface area contributed by atoms with Crippen LogP contribution < -0.4 is 0 Å². The van der Waals surface area contributed by atoms with Gasteiger partial charge in [0.2, 0.25) is 0 Å². The first-order valence-electron chi connectivity index (χ1n) is 9.94. The van der Waals surface area contributed by atoms with Gasteiger partial charge < -0.3 is 0 Å². The Labute approximate surface area is 164 Å². The van der Waals surface area contributed by atoms with Gasteiger partial charge in [0.15, 0.2) is 0 Å². The van der Waals surface area contributed by atoms with Crippen molar-refractivity contribution < 1.29 is 0 Å². The van der Waals surface area contributed by atoms with E-state index in [4.69, 9.17) is 9.97 Å². The minimum Gasteiger partial charge on any atom is -0.240 e. The van der Waals surface area contributed by atoms with Gasteiger partial charge in [0.1, 0.15) is 6.33 Å². The second-order valence-electron chi connectivity index (χ2n) is 9.17. The van der Waals surface area contributed by atoms with Crippen LogP contribution in [0.1, 0.15) is 39.0 Å². The Morgan fingerprint density at radius 1 is 0.643 bits per heavy atom. The zero-order chi connectivity index (χ0) is 19.3. The summed E-state index contributed by atoms with van der Waals surface area (Å²) in [4.78, 5) is 9.63. The number of rotatable bonds is 0. The van der Waals surface area contributed by atoms with Gasteiger partial charge in [0.05, 0.1) is 11.2 Å². The van der Waals surface area contributed by atoms with E-state index in [0.29, 0.717) is 0 Å². The van der Waals surface area contributed by atoms with Crippen LogP contribution in [0.25, 0.3) is 43.2 Å². The van der Waals surface area contributed by atoms with Crippen molar-refractivity contribution in [3.05, 3.63) is 72.2 Å². The topological polar surface area (TPSA) is 25.8 Å². The lowest BCUT2D eigenvalue weighted by molar-refractivity contribution is 0.297. The third-order valence-corrected chi connectivity index (χ3v) is 7.42. The highest BCUT2D eigenvalue weighted by molar-refractivity contribution is 6.28. The molecule has 1 aromatic heterocycles. The van der Waals surface area contributed by atoms with E-state index < -0.39 is 0 Å². The highest BCUT2D eigenvalue weighted by Gasteiger charge is 2.46. The Hall–Kier alpha value is -3.00. The maximum Gasteiger partial charge on any atom is 0.116 e. The molecular formula is C26H22N2. The van der Waals surface area contributed by atoms with Gasteiger partial charge in [-0.25, -0.2) is 9.97 Å². The third-order valence-electron chi connectivity index (χ3n) is 7.42. The summed E-state index contributed by atoms with van der Waals surface area (Å²) in [5.41, 5.74) is 3.54. The SMILES string of the molecule is CC1(C)c2cccc3c4cc5ccccc5cc4c4ncnc(c4c23)C1(C)C. The first-order chi connectivity index (χ1) is 13.4. The van der Waals surface area contributed by atoms with Gasteiger partial charge in [-0.3, -0.25) is 0 Å². The number of fused-ring (bicyclic) bond motifs is 4. The second-order valence-corrected chi connectivity index (χ2v) is 9.17. The molecule has 0 amide bonds. The number of aromatic nitrogens is 2. The van der Waals surface area contributed by atoms with E-state index in [-0.39, 0.29) is 10.8 Å². The molecule has 2 heteroatoms. The molecule has 0 radical (unpaired) electrons. The molecular weight excluding hydrogens is 340 g/mol. The van der Waals surface area contributed by atoms with E-state index in [0.717, 1.165) is 5.52 Å². The molecule has 0 unspecified atom stereocenters. The summed E-state index contributed by atoms with van der Waals surface area (Å²) >= 11 is 0. The number of hydrogen-bond acceptors (Lipinski definition) is 2. The molecule has 4 aromatic carbocycles. The number of nitrogens with zero attached hydrogens (tertiary/aromatic N) is 2. The quantitative estimate of drug-likeness (QED) is 0.227. The molecule has 136 valence electrons. The molecule has 1 heterocycles. The van der Waals surface area contributed by atoms with Gasteiger partial charge in [0.25, 0.3) is 0 Å². The number of benzene rings is 4. The molecule has 0 atom stereocenters. The summed E-state index contributed by atoms with van der Waals surface area (Å²) in [7, 11) is 0. The standard InChI is InChI=1S/C26H22N2/c1-25(2)20-11-7-10-17-18-12-15-8-5-6-9-16(15)13-19(18)23-22(21(17)20)24(26(25,3)4)28-14-27-23/h5-14H,1-4H3. The monoisotopic (exact) mass is 362 g/mol. The molecule has 0 aliphatic heterocycles. The zero-order valence-corrected chi connectivity index (χ0v) is 16.7. The van der Waals surface area contributed by atoms with Gasteiger partial charge in [0, 0.05) is 21.6 Å². The van der Waals surface area contributed by atoms with E-state index in [9.17, 15) is 0 Å². The first kappa shape index (κ1) is 16.0. The Morgan fingerprint density at radius 2 is 1.36 bits per heavy atom. The summed E-state index contributed by atoms with van der Waals surface area (Å²) in [5, 5.41) is 8.90. The van der Waals surface area contributed by atoms with E-state index in [1.165, 1.54) is 49.0 Å². The van der Waals surface area contributed by atoms with Crippen LogP contribution in [-0.4, -0.2) is 9.97 Å². The van der Waals surface area contributed by atoms with E-state index in [1.807, 2.05) is 0 Å². The third kappa shape index (κ3) is 1.70. The van der Waals surface area contributed by atoms with Crippen molar-refractivity contribution in [2.45, 2.75) is 38.5 Å². The molecule has 6 rings (SSSR count). The molecule has 1 aliphatic rings. The molecule has 28 heavy (non-hydrogen) atoms. The van der Waals surface area contributed by atoms with Gasteiger partial charge in [-0.15, -0.1) is 0 Å². The predicted molar refractivity (Wildman–Crippen MR) is 118 cm³/mol. The van der Waals surface area contributed by atoms with Crippen molar-refractivity contribution >= 4 is 43.2 Å². The van der Waals surface area contributed by atoms with Crippen molar-refractivity contribution in [2.24, 2.45) is 0 Å². The molecule has 0 N–H and O–H groups in total. The molecule has 0 spiro atoms. The molecule has 0 bridgehead atoms. The molecule has 0 fully saturated rings. The van der Waals surface area contributed by atoms with Gasteiger partial charge in [-0.2, -0.15) is 0 Å². The highest BCUT2D eigenvalue weighted by Crippen LogP contribution is 2.54. The van der Waals surface area contributed by atoms with Crippen LogP contribution in [0.4, 0.5) is 0 Å². The van der Waals surface area contributed by atoms with E-state index in [1.54, 1.807) is 6.33 Å². The van der Waals surface area contributed by atoms with Crippen LogP contribution in [0.2, 0.25) is 0 Å². The Morgan fingerprint density at radius 3 is 2.11 bits per heavy atom. The van der Waals surface area contributed by atoms with Crippen molar-refractivity contribution in [1.82, 2.24) is 9.97 Å². The lowest BCUT2D eigenvalue weighted by Crippen LogP contribution is -2.43. The molecule has 0 saturated heterocycles. The van der Waals surface area contributed by atoms with Gasteiger partial charge >= 0.3 is 0 Å². The van der Waals surface area contributed by atoms with Crippen LogP contribution in [0.5, 0.6) is 0 Å². The first-order valence-corrected chi connectivity index (χ1v) is 9.94. The average Bonchev–Trinajstić information content (AvgIpc) is 2.70. The predicted octanol–water partition coefficient (Wildman–Crippen LogP) is 6.66. The molecule has 2 nitrogen and oxygen atoms in total. The van der Waals surface area contributed by atoms with Crippen LogP contribution in [0.3, 0.4) is 0 Å². The Balaban J connectivity index is 2.00. The summed E-state index contributed by atoms with van der Waals surface area (Å²) in [5.74, 6) is 0. The smallest absolute Gasteiger partial charge is 0.116 e. The maximum absolute atomic E-state index is 4.83. The fourth-order valence-corrected chi connectivity index (χ4v) is 5.16. The normalized spacial score (nSPS) is 17.1. The summed E-state index contributed by atoms with van der Waals surface area (Å²) in [6, 6.07) is 20.0. The van der Waals surface area contributed by atoms with Gasteiger partial charge in [-0.05, 0) is 44.6 Å². The van der Waals surface area contributed by atoms with Crippen LogP contribution in [0.15, 0.2) is 60.9 Å². The lowest BCUT2D eigenvalue weighted by Gasteiger charge is -2.46. The van der Waals surface area contributed by atoms with E-state index >= 15 is 0 Å². The zero-order valence-electron chi connectivity index (χ0n) is 16.7. The molecule has 5 aromatic rings. The second kappa shape index (κ2) is 4.88. The Kier molecular flexibility index (Phi) is 2.79. The molecule has 1 aliphatic carbocycles. The average molecular weight is 362 g/mol. The summed E-state index contributed by atoms with van der Waals surface area (Å²) < 4.78 is 0. The van der Waals surface area contributed by atoms with E-state index in [2.05, 4.69) is 82.3 Å². The fourth-order valence-electron chi connectivity index (χ4n) is 5.16. The van der Waals surface area contributed by atoms with Crippen LogP contribution in [0, 0.1) is 0 Å². The van der Waals surface area contributed by atoms with Crippen LogP contribution >= 0.6 is 0 Å². The van der Waals surface area contributed by atoms with Crippen molar-refractivity contribution in [2.75, 3.05) is 0 Å². The van der Waals surface area contributed by atoms with Crippen molar-refractivity contribution in [1.29, 1.82) is 0 Å². The fraction of sp³-hybridized carbons (Fsp3) is 0.231. The van der Waals surface area contributed by atoms with Crippen LogP contribution in [-0.2, 0) is 10.8 Å².